The summed E-state index contributed by atoms with van der Waals surface area (Å²) < 4.78 is 18.7. The van der Waals surface area contributed by atoms with Crippen LogP contribution in [0.25, 0.3) is 0 Å². The lowest BCUT2D eigenvalue weighted by Gasteiger charge is -2.34. The molecule has 6 heteroatoms. The summed E-state index contributed by atoms with van der Waals surface area (Å²) in [7, 11) is 0. The third kappa shape index (κ3) is 6.34. The first-order valence-electron chi connectivity index (χ1n) is 9.28. The number of halogens is 1. The van der Waals surface area contributed by atoms with Crippen LogP contribution in [-0.4, -0.2) is 61.6 Å². The van der Waals surface area contributed by atoms with Crippen LogP contribution in [0.5, 0.6) is 5.75 Å². The summed E-state index contributed by atoms with van der Waals surface area (Å²) in [6, 6.07) is 13.9. The lowest BCUT2D eigenvalue weighted by Crippen LogP contribution is -2.49. The number of benzene rings is 2. The molecule has 1 amide bonds. The molecule has 0 unspecified atom stereocenters. The maximum atomic E-state index is 12.9. The van der Waals surface area contributed by atoms with Crippen molar-refractivity contribution in [2.45, 2.75) is 6.92 Å². The number of hydrogen-bond donors (Lipinski definition) is 1. The zero-order valence-electron chi connectivity index (χ0n) is 15.7. The van der Waals surface area contributed by atoms with Gasteiger partial charge in [-0.1, -0.05) is 17.7 Å². The molecule has 0 radical (unpaired) electrons. The van der Waals surface area contributed by atoms with Gasteiger partial charge in [0, 0.05) is 38.4 Å². The normalized spacial score (nSPS) is 15.5. The zero-order valence-corrected chi connectivity index (χ0v) is 15.7. The van der Waals surface area contributed by atoms with E-state index >= 15 is 0 Å². The van der Waals surface area contributed by atoms with Crippen LogP contribution in [0.1, 0.15) is 5.56 Å². The Labute approximate surface area is 159 Å². The van der Waals surface area contributed by atoms with Crippen LogP contribution in [-0.2, 0) is 4.79 Å². The number of rotatable bonds is 7. The Morgan fingerprint density at radius 1 is 1.00 bits per heavy atom. The van der Waals surface area contributed by atoms with E-state index in [0.717, 1.165) is 38.5 Å². The van der Waals surface area contributed by atoms with Crippen molar-refractivity contribution >= 4 is 11.6 Å². The van der Waals surface area contributed by atoms with Gasteiger partial charge in [0.15, 0.2) is 0 Å². The summed E-state index contributed by atoms with van der Waals surface area (Å²) in [4.78, 5) is 16.6. The SMILES string of the molecule is Cc1ccc(OCCN2CCN(CC(=O)Nc3ccc(F)cc3)CC2)cc1. The van der Waals surface area contributed by atoms with Crippen LogP contribution in [0.15, 0.2) is 48.5 Å². The van der Waals surface area contributed by atoms with Crippen LogP contribution in [0, 0.1) is 12.7 Å². The van der Waals surface area contributed by atoms with Gasteiger partial charge in [-0.05, 0) is 43.3 Å². The van der Waals surface area contributed by atoms with Crippen LogP contribution in [0.2, 0.25) is 0 Å². The van der Waals surface area contributed by atoms with E-state index in [4.69, 9.17) is 4.74 Å². The molecule has 1 N–H and O–H groups in total. The highest BCUT2D eigenvalue weighted by Crippen LogP contribution is 2.12. The predicted molar refractivity (Wildman–Crippen MR) is 105 cm³/mol. The molecule has 1 heterocycles. The highest BCUT2D eigenvalue weighted by Gasteiger charge is 2.18. The number of carbonyl (C=O) groups excluding carboxylic acids is 1. The fourth-order valence-corrected chi connectivity index (χ4v) is 3.03. The van der Waals surface area contributed by atoms with Crippen LogP contribution >= 0.6 is 0 Å². The highest BCUT2D eigenvalue weighted by molar-refractivity contribution is 5.92. The standard InChI is InChI=1S/C21H26FN3O2/c1-17-2-8-20(9-3-17)27-15-14-24-10-12-25(13-11-24)16-21(26)23-19-6-4-18(22)5-7-19/h2-9H,10-16H2,1H3,(H,23,26). The Hall–Kier alpha value is -2.44. The summed E-state index contributed by atoms with van der Waals surface area (Å²) in [5, 5.41) is 2.80. The molecule has 1 fully saturated rings. The molecule has 0 atom stereocenters. The first kappa shape index (κ1) is 19.3. The van der Waals surface area contributed by atoms with Crippen molar-refractivity contribution in [1.82, 2.24) is 9.80 Å². The second-order valence-electron chi connectivity index (χ2n) is 6.83. The average molecular weight is 371 g/mol. The Morgan fingerprint density at radius 2 is 1.63 bits per heavy atom. The maximum Gasteiger partial charge on any atom is 0.238 e. The van der Waals surface area contributed by atoms with Gasteiger partial charge in [-0.3, -0.25) is 14.6 Å². The van der Waals surface area contributed by atoms with Gasteiger partial charge in [-0.25, -0.2) is 4.39 Å². The molecule has 1 aliphatic rings. The fourth-order valence-electron chi connectivity index (χ4n) is 3.03. The van der Waals surface area contributed by atoms with Crippen molar-refractivity contribution < 1.29 is 13.9 Å². The van der Waals surface area contributed by atoms with Crippen LogP contribution < -0.4 is 10.1 Å². The van der Waals surface area contributed by atoms with Gasteiger partial charge in [0.25, 0.3) is 0 Å². The summed E-state index contributed by atoms with van der Waals surface area (Å²) in [6.07, 6.45) is 0. The monoisotopic (exact) mass is 371 g/mol. The molecule has 1 aliphatic heterocycles. The van der Waals surface area contributed by atoms with Crippen molar-refractivity contribution in [3.63, 3.8) is 0 Å². The summed E-state index contributed by atoms with van der Waals surface area (Å²) >= 11 is 0. The Bertz CT molecular complexity index is 726. The van der Waals surface area contributed by atoms with E-state index in [2.05, 4.69) is 22.0 Å². The molecule has 0 bridgehead atoms. The second-order valence-corrected chi connectivity index (χ2v) is 6.83. The molecular formula is C21H26FN3O2. The molecule has 0 saturated carbocycles. The number of amides is 1. The minimum absolute atomic E-state index is 0.0715. The van der Waals surface area contributed by atoms with Crippen LogP contribution in [0.4, 0.5) is 10.1 Å². The Balaban J connectivity index is 1.33. The maximum absolute atomic E-state index is 12.9. The van der Waals surface area contributed by atoms with Crippen molar-refractivity contribution in [1.29, 1.82) is 0 Å². The van der Waals surface area contributed by atoms with Crippen LogP contribution in [0.3, 0.4) is 0 Å². The molecule has 0 spiro atoms. The van der Waals surface area contributed by atoms with Gasteiger partial charge in [0.2, 0.25) is 5.91 Å². The number of anilines is 1. The van der Waals surface area contributed by atoms with Gasteiger partial charge < -0.3 is 10.1 Å². The molecular weight excluding hydrogens is 345 g/mol. The molecule has 5 nitrogen and oxygen atoms in total. The molecule has 144 valence electrons. The quantitative estimate of drug-likeness (QED) is 0.813. The minimum Gasteiger partial charge on any atom is -0.492 e. The van der Waals surface area contributed by atoms with E-state index in [1.807, 2.05) is 24.3 Å². The van der Waals surface area contributed by atoms with Gasteiger partial charge >= 0.3 is 0 Å². The smallest absolute Gasteiger partial charge is 0.238 e. The zero-order chi connectivity index (χ0) is 19.1. The number of aryl methyl sites for hydroxylation is 1. The molecule has 27 heavy (non-hydrogen) atoms. The van der Waals surface area contributed by atoms with E-state index in [1.54, 1.807) is 12.1 Å². The van der Waals surface area contributed by atoms with Gasteiger partial charge in [-0.15, -0.1) is 0 Å². The van der Waals surface area contributed by atoms with E-state index in [9.17, 15) is 9.18 Å². The van der Waals surface area contributed by atoms with Gasteiger partial charge in [-0.2, -0.15) is 0 Å². The van der Waals surface area contributed by atoms with Crippen molar-refractivity contribution in [2.75, 3.05) is 51.2 Å². The number of hydrogen-bond acceptors (Lipinski definition) is 4. The van der Waals surface area contributed by atoms with E-state index in [-0.39, 0.29) is 11.7 Å². The molecule has 1 saturated heterocycles. The predicted octanol–water partition coefficient (Wildman–Crippen LogP) is 2.77. The fraction of sp³-hybridized carbons (Fsp3) is 0.381. The first-order valence-corrected chi connectivity index (χ1v) is 9.28. The number of ether oxygens (including phenoxy) is 1. The molecule has 2 aromatic carbocycles. The van der Waals surface area contributed by atoms with Crippen molar-refractivity contribution in [3.8, 4) is 5.75 Å². The lowest BCUT2D eigenvalue weighted by atomic mass is 10.2. The molecule has 3 rings (SSSR count). The van der Waals surface area contributed by atoms with Gasteiger partial charge in [0.1, 0.15) is 18.2 Å². The summed E-state index contributed by atoms with van der Waals surface area (Å²) in [5.41, 5.74) is 1.84. The minimum atomic E-state index is -0.310. The third-order valence-electron chi connectivity index (χ3n) is 4.66. The molecule has 2 aromatic rings. The Kier molecular flexibility index (Phi) is 6.79. The number of carbonyl (C=O) groups is 1. The van der Waals surface area contributed by atoms with Crippen molar-refractivity contribution in [2.24, 2.45) is 0 Å². The first-order chi connectivity index (χ1) is 13.1. The van der Waals surface area contributed by atoms with E-state index in [1.165, 1.54) is 17.7 Å². The topological polar surface area (TPSA) is 44.8 Å². The van der Waals surface area contributed by atoms with E-state index in [0.29, 0.717) is 18.8 Å². The second kappa shape index (κ2) is 9.48. The number of nitrogens with one attached hydrogen (secondary N) is 1. The number of piperazine rings is 1. The highest BCUT2D eigenvalue weighted by atomic mass is 19.1. The third-order valence-corrected chi connectivity index (χ3v) is 4.66. The Morgan fingerprint density at radius 3 is 2.30 bits per heavy atom. The summed E-state index contributed by atoms with van der Waals surface area (Å²) in [5.74, 6) is 0.518. The molecule has 0 aromatic heterocycles. The average Bonchev–Trinajstić information content (AvgIpc) is 2.67. The molecule has 0 aliphatic carbocycles. The summed E-state index contributed by atoms with van der Waals surface area (Å²) in [6.45, 7) is 7.48. The van der Waals surface area contributed by atoms with Crippen molar-refractivity contribution in [3.05, 3.63) is 59.9 Å². The van der Waals surface area contributed by atoms with E-state index < -0.39 is 0 Å². The number of nitrogens with zero attached hydrogens (tertiary/aromatic N) is 2. The largest absolute Gasteiger partial charge is 0.492 e. The van der Waals surface area contributed by atoms with Gasteiger partial charge in [0.05, 0.1) is 6.54 Å². The lowest BCUT2D eigenvalue weighted by molar-refractivity contribution is -0.117.